The molecule has 0 saturated heterocycles. The van der Waals surface area contributed by atoms with E-state index in [1.807, 2.05) is 13.8 Å². The molecule has 0 heterocycles. The monoisotopic (exact) mass is 126 g/mol. The largest absolute Gasteiger partial charge is 0.377 e. The first-order valence-electron chi connectivity index (χ1n) is 2.97. The van der Waals surface area contributed by atoms with Gasteiger partial charge in [0.25, 0.3) is 0 Å². The first kappa shape index (κ1) is 8.44. The van der Waals surface area contributed by atoms with Crippen LogP contribution in [0.2, 0.25) is 0 Å². The first-order valence-corrected chi connectivity index (χ1v) is 2.97. The van der Waals surface area contributed by atoms with E-state index in [1.165, 1.54) is 0 Å². The van der Waals surface area contributed by atoms with E-state index in [0.29, 0.717) is 0 Å². The average molecular weight is 126 g/mol. The molecule has 1 unspecified atom stereocenters. The lowest BCUT2D eigenvalue weighted by Gasteiger charge is -2.11. The summed E-state index contributed by atoms with van der Waals surface area (Å²) in [4.78, 5) is 0. The Balaban J connectivity index is 3.88. The Bertz CT molecular complexity index is 125. The van der Waals surface area contributed by atoms with Gasteiger partial charge >= 0.3 is 0 Å². The van der Waals surface area contributed by atoms with Crippen LogP contribution in [-0.4, -0.2) is 13.2 Å². The number of rotatable bonds is 3. The Morgan fingerprint density at radius 2 is 1.89 bits per heavy atom. The molecule has 9 heavy (non-hydrogen) atoms. The maximum atomic E-state index is 5.01. The van der Waals surface area contributed by atoms with Gasteiger partial charge in [0.2, 0.25) is 0 Å². The second-order valence-corrected chi connectivity index (χ2v) is 2.18. The fourth-order valence-electron chi connectivity index (χ4n) is 0.489. The molecular formula is C8H14O. The molecule has 0 saturated carbocycles. The Morgan fingerprint density at radius 3 is 2.00 bits per heavy atom. The highest BCUT2D eigenvalue weighted by atomic mass is 16.5. The van der Waals surface area contributed by atoms with Gasteiger partial charge in [-0.15, -0.1) is 0 Å². The zero-order chi connectivity index (χ0) is 7.44. The van der Waals surface area contributed by atoms with E-state index < -0.39 is 0 Å². The van der Waals surface area contributed by atoms with Crippen LogP contribution in [0.5, 0.6) is 0 Å². The lowest BCUT2D eigenvalue weighted by atomic mass is 10.1. The fraction of sp³-hybridized carbons (Fsp3) is 0.500. The number of hydrogen-bond donors (Lipinski definition) is 0. The van der Waals surface area contributed by atoms with Gasteiger partial charge in [0.1, 0.15) is 0 Å². The van der Waals surface area contributed by atoms with Crippen molar-refractivity contribution in [2.45, 2.75) is 20.0 Å². The number of methoxy groups -OCH3 is 1. The quantitative estimate of drug-likeness (QED) is 0.526. The summed E-state index contributed by atoms with van der Waals surface area (Å²) in [6.45, 7) is 11.4. The molecule has 0 aliphatic carbocycles. The third kappa shape index (κ3) is 2.47. The fourth-order valence-corrected chi connectivity index (χ4v) is 0.489. The molecule has 1 nitrogen and oxygen atoms in total. The molecule has 0 fully saturated rings. The van der Waals surface area contributed by atoms with E-state index in [2.05, 4.69) is 13.2 Å². The summed E-state index contributed by atoms with van der Waals surface area (Å²) < 4.78 is 5.01. The molecule has 0 aromatic heterocycles. The summed E-state index contributed by atoms with van der Waals surface area (Å²) in [6.07, 6.45) is 0.0995. The van der Waals surface area contributed by atoms with Gasteiger partial charge in [-0.3, -0.25) is 0 Å². The van der Waals surface area contributed by atoms with Crippen molar-refractivity contribution in [3.05, 3.63) is 24.3 Å². The Kier molecular flexibility index (Phi) is 3.25. The molecule has 1 heteroatoms. The second-order valence-electron chi connectivity index (χ2n) is 2.18. The topological polar surface area (TPSA) is 9.23 Å². The average Bonchev–Trinajstić information content (AvgIpc) is 1.84. The third-order valence-corrected chi connectivity index (χ3v) is 1.39. The summed E-state index contributed by atoms with van der Waals surface area (Å²) >= 11 is 0. The Morgan fingerprint density at radius 1 is 1.44 bits per heavy atom. The molecule has 0 aliphatic heterocycles. The van der Waals surface area contributed by atoms with E-state index in [0.717, 1.165) is 11.1 Å². The first-order chi connectivity index (χ1) is 4.09. The molecule has 0 radical (unpaired) electrons. The summed E-state index contributed by atoms with van der Waals surface area (Å²) in [5, 5.41) is 0. The van der Waals surface area contributed by atoms with Gasteiger partial charge in [-0.25, -0.2) is 0 Å². The van der Waals surface area contributed by atoms with Gasteiger partial charge in [0, 0.05) is 7.11 Å². The van der Waals surface area contributed by atoms with Crippen molar-refractivity contribution in [2.75, 3.05) is 7.11 Å². The van der Waals surface area contributed by atoms with E-state index in [4.69, 9.17) is 4.74 Å². The van der Waals surface area contributed by atoms with Gasteiger partial charge in [-0.2, -0.15) is 0 Å². The molecule has 52 valence electrons. The Labute approximate surface area is 57.0 Å². The van der Waals surface area contributed by atoms with Crippen molar-refractivity contribution < 1.29 is 4.74 Å². The molecule has 0 aliphatic rings. The summed E-state index contributed by atoms with van der Waals surface area (Å²) in [5.41, 5.74) is 1.96. The van der Waals surface area contributed by atoms with Crippen LogP contribution in [0.25, 0.3) is 0 Å². The van der Waals surface area contributed by atoms with Gasteiger partial charge in [0.05, 0.1) is 6.10 Å². The second kappa shape index (κ2) is 3.46. The van der Waals surface area contributed by atoms with Crippen LogP contribution < -0.4 is 0 Å². The molecule has 0 aromatic carbocycles. The molecule has 0 spiro atoms. The van der Waals surface area contributed by atoms with Crippen LogP contribution in [-0.2, 0) is 4.74 Å². The van der Waals surface area contributed by atoms with Crippen LogP contribution in [0.15, 0.2) is 24.3 Å². The summed E-state index contributed by atoms with van der Waals surface area (Å²) in [5.74, 6) is 0. The van der Waals surface area contributed by atoms with Crippen LogP contribution >= 0.6 is 0 Å². The van der Waals surface area contributed by atoms with Gasteiger partial charge in [-0.1, -0.05) is 18.7 Å². The van der Waals surface area contributed by atoms with E-state index in [-0.39, 0.29) is 6.10 Å². The lowest BCUT2D eigenvalue weighted by molar-refractivity contribution is 0.149. The van der Waals surface area contributed by atoms with E-state index >= 15 is 0 Å². The van der Waals surface area contributed by atoms with Crippen molar-refractivity contribution in [3.8, 4) is 0 Å². The molecule has 0 N–H and O–H groups in total. The minimum Gasteiger partial charge on any atom is -0.377 e. The minimum absolute atomic E-state index is 0.0995. The van der Waals surface area contributed by atoms with Crippen molar-refractivity contribution in [3.63, 3.8) is 0 Å². The maximum Gasteiger partial charge on any atom is 0.0789 e. The van der Waals surface area contributed by atoms with Crippen LogP contribution in [0.1, 0.15) is 13.8 Å². The van der Waals surface area contributed by atoms with Gasteiger partial charge in [0.15, 0.2) is 0 Å². The van der Waals surface area contributed by atoms with Crippen molar-refractivity contribution in [2.24, 2.45) is 0 Å². The maximum absolute atomic E-state index is 5.01. The molecule has 0 bridgehead atoms. The number of ether oxygens (including phenoxy) is 1. The zero-order valence-electron chi connectivity index (χ0n) is 6.40. The summed E-state index contributed by atoms with van der Waals surface area (Å²) in [6, 6.07) is 0. The van der Waals surface area contributed by atoms with Crippen LogP contribution in [0.4, 0.5) is 0 Å². The van der Waals surface area contributed by atoms with E-state index in [9.17, 15) is 0 Å². The lowest BCUT2D eigenvalue weighted by Crippen LogP contribution is -2.07. The highest BCUT2D eigenvalue weighted by molar-refractivity contribution is 5.25. The number of hydrogen-bond acceptors (Lipinski definition) is 1. The standard InChI is InChI=1S/C8H14O/c1-6(2)7(3)8(4)9-5/h8H,1,3H2,2,4-5H3. The predicted molar refractivity (Wildman–Crippen MR) is 40.4 cm³/mol. The predicted octanol–water partition coefficient (Wildman–Crippen LogP) is 2.15. The molecule has 1 atom stereocenters. The molecule has 0 aromatic rings. The zero-order valence-corrected chi connectivity index (χ0v) is 6.40. The van der Waals surface area contributed by atoms with Crippen LogP contribution in [0.3, 0.4) is 0 Å². The van der Waals surface area contributed by atoms with E-state index in [1.54, 1.807) is 7.11 Å². The van der Waals surface area contributed by atoms with Gasteiger partial charge < -0.3 is 4.74 Å². The highest BCUT2D eigenvalue weighted by Gasteiger charge is 2.03. The van der Waals surface area contributed by atoms with Crippen LogP contribution in [0, 0.1) is 0 Å². The van der Waals surface area contributed by atoms with Crippen molar-refractivity contribution in [1.82, 2.24) is 0 Å². The third-order valence-electron chi connectivity index (χ3n) is 1.39. The highest BCUT2D eigenvalue weighted by Crippen LogP contribution is 2.10. The molecular weight excluding hydrogens is 112 g/mol. The van der Waals surface area contributed by atoms with Gasteiger partial charge in [-0.05, 0) is 19.4 Å². The molecule has 0 rings (SSSR count). The minimum atomic E-state index is 0.0995. The normalized spacial score (nSPS) is 12.8. The van der Waals surface area contributed by atoms with Crippen molar-refractivity contribution >= 4 is 0 Å². The Hall–Kier alpha value is -0.560. The SMILES string of the molecule is C=C(C)C(=C)C(C)OC. The van der Waals surface area contributed by atoms with Crippen molar-refractivity contribution in [1.29, 1.82) is 0 Å². The summed E-state index contributed by atoms with van der Waals surface area (Å²) in [7, 11) is 1.67. The smallest absolute Gasteiger partial charge is 0.0789 e. The molecule has 0 amide bonds.